The van der Waals surface area contributed by atoms with Crippen LogP contribution in [0.2, 0.25) is 0 Å². The van der Waals surface area contributed by atoms with Gasteiger partial charge in [-0.25, -0.2) is 4.98 Å². The van der Waals surface area contributed by atoms with Crippen LogP contribution in [0.15, 0.2) is 54.7 Å². The van der Waals surface area contributed by atoms with E-state index in [4.69, 9.17) is 4.74 Å². The summed E-state index contributed by atoms with van der Waals surface area (Å²) in [6.45, 7) is 8.20. The molecule has 2 heterocycles. The Hall–Kier alpha value is -3.96. The van der Waals surface area contributed by atoms with Crippen LogP contribution in [-0.2, 0) is 35.2 Å². The monoisotopic (exact) mass is 595 g/mol. The van der Waals surface area contributed by atoms with Crippen LogP contribution in [0.5, 0.6) is 11.5 Å². The minimum absolute atomic E-state index is 0.164. The molecule has 1 unspecified atom stereocenters. The number of anilines is 2. The maximum Gasteiger partial charge on any atom is 0.416 e. The molecule has 8 nitrogen and oxygen atoms in total. The standard InChI is InChI=1S/C32H36F3N5O3/c1-3-39-10-12-40(13-11-39)20-22-14-26(32(33,34)35)18-27(15-22)38-31(42)24-5-4-23-6-7-28(17-25(23)16-24)43-29-8-9-36-30(19-29)37-21(2)41/h6-9,14-15,17-19,24H,3-5,10-13,16,20H2,1-2H3,(H,38,42)(H,36,37,41). The van der Waals surface area contributed by atoms with Gasteiger partial charge in [-0.2, -0.15) is 13.2 Å². The molecule has 1 aliphatic carbocycles. The van der Waals surface area contributed by atoms with Gasteiger partial charge in [0.25, 0.3) is 0 Å². The van der Waals surface area contributed by atoms with Gasteiger partial charge in [0.05, 0.1) is 5.56 Å². The molecule has 1 fully saturated rings. The second-order valence-electron chi connectivity index (χ2n) is 11.1. The van der Waals surface area contributed by atoms with Gasteiger partial charge in [-0.1, -0.05) is 13.0 Å². The van der Waals surface area contributed by atoms with Crippen molar-refractivity contribution in [2.75, 3.05) is 43.4 Å². The summed E-state index contributed by atoms with van der Waals surface area (Å²) >= 11 is 0. The average molecular weight is 596 g/mol. The van der Waals surface area contributed by atoms with Crippen molar-refractivity contribution in [3.05, 3.63) is 77.0 Å². The van der Waals surface area contributed by atoms with Crippen LogP contribution in [0.1, 0.15) is 42.5 Å². The number of aryl methyl sites for hydroxylation is 1. The molecule has 3 aromatic rings. The van der Waals surface area contributed by atoms with Gasteiger partial charge in [-0.05, 0) is 78.9 Å². The largest absolute Gasteiger partial charge is 0.457 e. The summed E-state index contributed by atoms with van der Waals surface area (Å²) in [7, 11) is 0. The topological polar surface area (TPSA) is 86.8 Å². The number of carbonyl (C=O) groups excluding carboxylic acids is 2. The van der Waals surface area contributed by atoms with Gasteiger partial charge in [-0.15, -0.1) is 0 Å². The van der Waals surface area contributed by atoms with Crippen molar-refractivity contribution in [3.8, 4) is 11.5 Å². The number of amides is 2. The Morgan fingerprint density at radius 2 is 1.70 bits per heavy atom. The van der Waals surface area contributed by atoms with E-state index in [0.29, 0.717) is 48.7 Å². The van der Waals surface area contributed by atoms with E-state index >= 15 is 0 Å². The van der Waals surface area contributed by atoms with Gasteiger partial charge in [0.2, 0.25) is 11.8 Å². The van der Waals surface area contributed by atoms with Crippen molar-refractivity contribution in [2.45, 2.75) is 45.8 Å². The van der Waals surface area contributed by atoms with Crippen LogP contribution in [0, 0.1) is 5.92 Å². The molecule has 0 saturated carbocycles. The van der Waals surface area contributed by atoms with Crippen LogP contribution in [0.4, 0.5) is 24.7 Å². The maximum atomic E-state index is 13.8. The van der Waals surface area contributed by atoms with Crippen molar-refractivity contribution < 1.29 is 27.5 Å². The fourth-order valence-corrected chi connectivity index (χ4v) is 5.67. The van der Waals surface area contributed by atoms with Crippen LogP contribution in [-0.4, -0.2) is 59.3 Å². The molecule has 1 atom stereocenters. The average Bonchev–Trinajstić information content (AvgIpc) is 2.96. The molecule has 0 radical (unpaired) electrons. The fourth-order valence-electron chi connectivity index (χ4n) is 5.67. The zero-order chi connectivity index (χ0) is 30.6. The molecule has 228 valence electrons. The molecule has 11 heteroatoms. The highest BCUT2D eigenvalue weighted by Crippen LogP contribution is 2.34. The van der Waals surface area contributed by atoms with E-state index in [0.717, 1.165) is 49.9 Å². The van der Waals surface area contributed by atoms with E-state index in [2.05, 4.69) is 32.3 Å². The minimum atomic E-state index is -4.52. The number of piperazine rings is 1. The number of hydrogen-bond donors (Lipinski definition) is 2. The number of ether oxygens (including phenoxy) is 1. The van der Waals surface area contributed by atoms with Crippen molar-refractivity contribution in [1.29, 1.82) is 0 Å². The van der Waals surface area contributed by atoms with Gasteiger partial charge in [-0.3, -0.25) is 14.5 Å². The summed E-state index contributed by atoms with van der Waals surface area (Å²) in [5.74, 6) is 0.507. The van der Waals surface area contributed by atoms with E-state index in [1.807, 2.05) is 18.2 Å². The van der Waals surface area contributed by atoms with Gasteiger partial charge >= 0.3 is 6.18 Å². The van der Waals surface area contributed by atoms with E-state index in [-0.39, 0.29) is 17.5 Å². The number of carbonyl (C=O) groups is 2. The Morgan fingerprint density at radius 3 is 2.42 bits per heavy atom. The molecule has 2 aromatic carbocycles. The van der Waals surface area contributed by atoms with Gasteiger partial charge in [0, 0.05) is 63.5 Å². The highest BCUT2D eigenvalue weighted by Gasteiger charge is 2.32. The number of alkyl halides is 3. The smallest absolute Gasteiger partial charge is 0.416 e. The van der Waals surface area contributed by atoms with Crippen molar-refractivity contribution in [3.63, 3.8) is 0 Å². The number of nitrogens with zero attached hydrogens (tertiary/aromatic N) is 3. The van der Waals surface area contributed by atoms with E-state index in [1.54, 1.807) is 18.2 Å². The summed E-state index contributed by atoms with van der Waals surface area (Å²) in [5.41, 5.74) is 1.99. The molecule has 43 heavy (non-hydrogen) atoms. The third-order valence-corrected chi connectivity index (χ3v) is 7.95. The first kappa shape index (κ1) is 30.5. The predicted molar refractivity (Wildman–Crippen MR) is 158 cm³/mol. The first-order chi connectivity index (χ1) is 20.6. The summed E-state index contributed by atoms with van der Waals surface area (Å²) in [6.07, 6.45) is -1.27. The molecule has 1 aliphatic heterocycles. The maximum absolute atomic E-state index is 13.8. The Kier molecular flexibility index (Phi) is 9.31. The third-order valence-electron chi connectivity index (χ3n) is 7.95. The number of halogens is 3. The van der Waals surface area contributed by atoms with Gasteiger partial charge in [0.15, 0.2) is 0 Å². The van der Waals surface area contributed by atoms with Crippen LogP contribution >= 0.6 is 0 Å². The number of fused-ring (bicyclic) bond motifs is 1. The van der Waals surface area contributed by atoms with Crippen LogP contribution < -0.4 is 15.4 Å². The van der Waals surface area contributed by atoms with Crippen LogP contribution in [0.3, 0.4) is 0 Å². The lowest BCUT2D eigenvalue weighted by atomic mass is 9.83. The third kappa shape index (κ3) is 8.11. The fraction of sp³-hybridized carbons (Fsp3) is 0.406. The van der Waals surface area contributed by atoms with Gasteiger partial charge in [0.1, 0.15) is 17.3 Å². The van der Waals surface area contributed by atoms with Crippen molar-refractivity contribution >= 4 is 23.3 Å². The number of nitrogens with one attached hydrogen (secondary N) is 2. The number of aromatic nitrogens is 1. The molecule has 2 amide bonds. The zero-order valence-corrected chi connectivity index (χ0v) is 24.3. The zero-order valence-electron chi connectivity index (χ0n) is 24.3. The Labute approximate surface area is 249 Å². The molecule has 0 bridgehead atoms. The van der Waals surface area contributed by atoms with Crippen molar-refractivity contribution in [1.82, 2.24) is 14.8 Å². The summed E-state index contributed by atoms with van der Waals surface area (Å²) in [5, 5.41) is 5.40. The van der Waals surface area contributed by atoms with Crippen molar-refractivity contribution in [2.24, 2.45) is 5.92 Å². The second-order valence-corrected chi connectivity index (χ2v) is 11.1. The Balaban J connectivity index is 1.27. The lowest BCUT2D eigenvalue weighted by molar-refractivity contribution is -0.137. The molecular weight excluding hydrogens is 559 g/mol. The Bertz CT molecular complexity index is 1470. The molecule has 2 N–H and O–H groups in total. The summed E-state index contributed by atoms with van der Waals surface area (Å²) in [6, 6.07) is 12.9. The number of rotatable bonds is 8. The highest BCUT2D eigenvalue weighted by molar-refractivity contribution is 5.93. The number of likely N-dealkylation sites (N-methyl/N-ethyl adjacent to an activating group) is 1. The number of benzene rings is 2. The molecule has 1 aromatic heterocycles. The van der Waals surface area contributed by atoms with E-state index in [1.165, 1.54) is 19.2 Å². The molecular formula is C32H36F3N5O3. The first-order valence-electron chi connectivity index (χ1n) is 14.6. The van der Waals surface area contributed by atoms with Crippen LogP contribution in [0.25, 0.3) is 0 Å². The summed E-state index contributed by atoms with van der Waals surface area (Å²) in [4.78, 5) is 33.2. The van der Waals surface area contributed by atoms with Gasteiger partial charge < -0.3 is 20.3 Å². The second kappa shape index (κ2) is 13.1. The molecule has 2 aliphatic rings. The van der Waals surface area contributed by atoms with E-state index in [9.17, 15) is 22.8 Å². The lowest BCUT2D eigenvalue weighted by Crippen LogP contribution is -2.45. The van der Waals surface area contributed by atoms with E-state index < -0.39 is 17.7 Å². The molecule has 1 saturated heterocycles. The predicted octanol–water partition coefficient (Wildman–Crippen LogP) is 5.73. The SMILES string of the molecule is CCN1CCN(Cc2cc(NC(=O)C3CCc4ccc(Oc5ccnc(NC(C)=O)c5)cc4C3)cc(C(F)(F)F)c2)CC1. The quantitative estimate of drug-likeness (QED) is 0.346. The normalized spacial score (nSPS) is 17.7. The summed E-state index contributed by atoms with van der Waals surface area (Å²) < 4.78 is 47.3. The highest BCUT2D eigenvalue weighted by atomic mass is 19.4. The Morgan fingerprint density at radius 1 is 0.953 bits per heavy atom. The lowest BCUT2D eigenvalue weighted by Gasteiger charge is -2.34. The molecule has 0 spiro atoms. The number of hydrogen-bond acceptors (Lipinski definition) is 6. The first-order valence-corrected chi connectivity index (χ1v) is 14.6. The number of pyridine rings is 1. The molecule has 5 rings (SSSR count). The minimum Gasteiger partial charge on any atom is -0.457 e.